The van der Waals surface area contributed by atoms with Crippen molar-refractivity contribution in [2.75, 3.05) is 12.4 Å². The van der Waals surface area contributed by atoms with Crippen molar-refractivity contribution in [2.45, 2.75) is 6.42 Å². The van der Waals surface area contributed by atoms with Gasteiger partial charge in [-0.25, -0.2) is 4.98 Å². The highest BCUT2D eigenvalue weighted by Gasteiger charge is 2.13. The third kappa shape index (κ3) is 3.93. The summed E-state index contributed by atoms with van der Waals surface area (Å²) < 4.78 is 13.0. The van der Waals surface area contributed by atoms with Gasteiger partial charge in [0, 0.05) is 11.8 Å². The Bertz CT molecular complexity index is 1410. The van der Waals surface area contributed by atoms with E-state index in [1.54, 1.807) is 37.7 Å². The highest BCUT2D eigenvalue weighted by Crippen LogP contribution is 2.28. The lowest BCUT2D eigenvalue weighted by Gasteiger charge is -2.10. The molecule has 1 amide bonds. The minimum atomic E-state index is -0.129. The van der Waals surface area contributed by atoms with Crippen LogP contribution in [-0.2, 0) is 11.2 Å². The van der Waals surface area contributed by atoms with Crippen LogP contribution in [0, 0.1) is 0 Å². The zero-order valence-corrected chi connectivity index (χ0v) is 17.2. The second-order valence-electron chi connectivity index (χ2n) is 7.13. The number of fused-ring (bicyclic) bond motifs is 3. The summed E-state index contributed by atoms with van der Waals surface area (Å²) in [7, 11) is 1.61. The molecule has 0 bridgehead atoms. The second-order valence-corrected chi connectivity index (χ2v) is 7.13. The number of nitrogens with one attached hydrogen (secondary N) is 1. The molecular weight excluding hydrogens is 406 g/mol. The van der Waals surface area contributed by atoms with E-state index in [1.165, 1.54) is 0 Å². The molecule has 158 valence electrons. The minimum absolute atomic E-state index is 0.129. The van der Waals surface area contributed by atoms with Crippen molar-refractivity contribution < 1.29 is 14.3 Å². The molecular formula is C24H19N5O3. The predicted octanol–water partition coefficient (Wildman–Crippen LogP) is 4.26. The summed E-state index contributed by atoms with van der Waals surface area (Å²) in [5.74, 6) is 1.49. The van der Waals surface area contributed by atoms with E-state index in [1.807, 2.05) is 52.9 Å². The van der Waals surface area contributed by atoms with Crippen LogP contribution in [-0.4, -0.2) is 32.6 Å². The van der Waals surface area contributed by atoms with Gasteiger partial charge in [-0.2, -0.15) is 0 Å². The van der Waals surface area contributed by atoms with E-state index in [0.29, 0.717) is 23.0 Å². The van der Waals surface area contributed by atoms with Gasteiger partial charge in [-0.05, 0) is 42.0 Å². The monoisotopic (exact) mass is 425 g/mol. The Hall–Kier alpha value is -4.46. The lowest BCUT2D eigenvalue weighted by molar-refractivity contribution is -0.115. The fourth-order valence-electron chi connectivity index (χ4n) is 3.43. The van der Waals surface area contributed by atoms with Crippen LogP contribution in [0.25, 0.3) is 16.7 Å². The lowest BCUT2D eigenvalue weighted by atomic mass is 10.1. The molecule has 0 atom stereocenters. The first-order valence-corrected chi connectivity index (χ1v) is 9.99. The number of para-hydroxylation sites is 2. The molecule has 0 aliphatic carbocycles. The smallest absolute Gasteiger partial charge is 0.266 e. The number of anilines is 1. The molecule has 8 heteroatoms. The summed E-state index contributed by atoms with van der Waals surface area (Å²) >= 11 is 0. The molecule has 8 nitrogen and oxygen atoms in total. The number of carbonyl (C=O) groups excluding carboxylic acids is 1. The molecule has 0 fully saturated rings. The second kappa shape index (κ2) is 8.35. The van der Waals surface area contributed by atoms with Gasteiger partial charge in [-0.1, -0.05) is 30.3 Å². The van der Waals surface area contributed by atoms with E-state index in [2.05, 4.69) is 20.5 Å². The van der Waals surface area contributed by atoms with E-state index in [-0.39, 0.29) is 12.3 Å². The summed E-state index contributed by atoms with van der Waals surface area (Å²) in [4.78, 5) is 17.1. The molecule has 2 heterocycles. The van der Waals surface area contributed by atoms with Crippen LogP contribution in [0.4, 0.5) is 5.69 Å². The number of methoxy groups -OCH3 is 1. The van der Waals surface area contributed by atoms with E-state index >= 15 is 0 Å². The first kappa shape index (κ1) is 19.5. The van der Waals surface area contributed by atoms with E-state index in [9.17, 15) is 4.79 Å². The number of rotatable bonds is 6. The summed E-state index contributed by atoms with van der Waals surface area (Å²) in [6.45, 7) is 0. The largest absolute Gasteiger partial charge is 0.497 e. The van der Waals surface area contributed by atoms with Crippen LogP contribution < -0.4 is 14.8 Å². The summed E-state index contributed by atoms with van der Waals surface area (Å²) in [5.41, 5.74) is 3.68. The van der Waals surface area contributed by atoms with Gasteiger partial charge in [0.2, 0.25) is 11.6 Å². The topological polar surface area (TPSA) is 90.6 Å². The maximum absolute atomic E-state index is 12.5. The maximum atomic E-state index is 12.5. The highest BCUT2D eigenvalue weighted by atomic mass is 16.5. The van der Waals surface area contributed by atoms with Crippen molar-refractivity contribution >= 4 is 28.3 Å². The van der Waals surface area contributed by atoms with Crippen LogP contribution in [0.3, 0.4) is 0 Å². The molecule has 1 N–H and O–H groups in total. The first-order valence-electron chi connectivity index (χ1n) is 9.99. The summed E-state index contributed by atoms with van der Waals surface area (Å²) in [5, 5.41) is 11.0. The van der Waals surface area contributed by atoms with Gasteiger partial charge in [0.15, 0.2) is 0 Å². The van der Waals surface area contributed by atoms with Gasteiger partial charge in [-0.3, -0.25) is 9.20 Å². The van der Waals surface area contributed by atoms with Gasteiger partial charge in [0.1, 0.15) is 17.8 Å². The first-order chi connectivity index (χ1) is 15.7. The number of hydrogen-bond acceptors (Lipinski definition) is 6. The standard InChI is InChI=1S/C24H19N5O3/c1-31-18-11-9-16(10-12-18)13-22(30)26-17-5-4-6-19(14-17)32-24-23-28-25-15-29(23)21-8-3-2-7-20(21)27-24/h2-12,14-15H,13H2,1H3,(H,26,30). The number of carbonyl (C=O) groups is 1. The summed E-state index contributed by atoms with van der Waals surface area (Å²) in [6, 6.07) is 22.2. The van der Waals surface area contributed by atoms with Crippen molar-refractivity contribution in [1.82, 2.24) is 19.6 Å². The molecule has 0 saturated heterocycles. The molecule has 32 heavy (non-hydrogen) atoms. The minimum Gasteiger partial charge on any atom is -0.497 e. The van der Waals surface area contributed by atoms with Crippen LogP contribution in [0.15, 0.2) is 79.1 Å². The Balaban J connectivity index is 1.35. The molecule has 0 radical (unpaired) electrons. The third-order valence-electron chi connectivity index (χ3n) is 4.96. The Morgan fingerprint density at radius 3 is 2.69 bits per heavy atom. The molecule has 0 spiro atoms. The molecule has 0 unspecified atom stereocenters. The Morgan fingerprint density at radius 2 is 1.84 bits per heavy atom. The van der Waals surface area contributed by atoms with Crippen molar-refractivity contribution in [3.8, 4) is 17.4 Å². The van der Waals surface area contributed by atoms with Crippen molar-refractivity contribution in [3.05, 3.63) is 84.7 Å². The quantitative estimate of drug-likeness (QED) is 0.437. The van der Waals surface area contributed by atoms with Gasteiger partial charge < -0.3 is 14.8 Å². The normalized spacial score (nSPS) is 10.9. The lowest BCUT2D eigenvalue weighted by Crippen LogP contribution is -2.14. The molecule has 0 saturated carbocycles. The van der Waals surface area contributed by atoms with Gasteiger partial charge in [0.25, 0.3) is 5.88 Å². The van der Waals surface area contributed by atoms with Gasteiger partial charge in [-0.15, -0.1) is 10.2 Å². The average Bonchev–Trinajstić information content (AvgIpc) is 3.31. The van der Waals surface area contributed by atoms with Crippen molar-refractivity contribution in [2.24, 2.45) is 0 Å². The van der Waals surface area contributed by atoms with E-state index in [4.69, 9.17) is 9.47 Å². The molecule has 5 rings (SSSR count). The molecule has 0 aliphatic heterocycles. The highest BCUT2D eigenvalue weighted by molar-refractivity contribution is 5.92. The number of amides is 1. The SMILES string of the molecule is COc1ccc(CC(=O)Nc2cccc(Oc3nc4ccccc4n4cnnc34)c2)cc1. The number of benzene rings is 3. The number of nitrogens with zero attached hydrogens (tertiary/aromatic N) is 4. The Morgan fingerprint density at radius 1 is 1.00 bits per heavy atom. The maximum Gasteiger partial charge on any atom is 0.266 e. The van der Waals surface area contributed by atoms with Crippen LogP contribution in [0.1, 0.15) is 5.56 Å². The number of aromatic nitrogens is 4. The Kier molecular flexibility index (Phi) is 5.09. The van der Waals surface area contributed by atoms with Crippen LogP contribution >= 0.6 is 0 Å². The molecule has 0 aliphatic rings. The number of hydrogen-bond donors (Lipinski definition) is 1. The zero-order chi connectivity index (χ0) is 21.9. The molecule has 3 aromatic carbocycles. The fourth-order valence-corrected chi connectivity index (χ4v) is 3.43. The van der Waals surface area contributed by atoms with Gasteiger partial charge in [0.05, 0.1) is 24.6 Å². The predicted molar refractivity (Wildman–Crippen MR) is 120 cm³/mol. The van der Waals surface area contributed by atoms with Crippen LogP contribution in [0.5, 0.6) is 17.4 Å². The summed E-state index contributed by atoms with van der Waals surface area (Å²) in [6.07, 6.45) is 1.88. The molecule has 5 aromatic rings. The average molecular weight is 425 g/mol. The van der Waals surface area contributed by atoms with Crippen molar-refractivity contribution in [3.63, 3.8) is 0 Å². The van der Waals surface area contributed by atoms with Crippen molar-refractivity contribution in [1.29, 1.82) is 0 Å². The fraction of sp³-hybridized carbons (Fsp3) is 0.0833. The van der Waals surface area contributed by atoms with Crippen LogP contribution in [0.2, 0.25) is 0 Å². The third-order valence-corrected chi connectivity index (χ3v) is 4.96. The Labute approximate surface area is 183 Å². The van der Waals surface area contributed by atoms with E-state index in [0.717, 1.165) is 22.3 Å². The van der Waals surface area contributed by atoms with Gasteiger partial charge >= 0.3 is 0 Å². The zero-order valence-electron chi connectivity index (χ0n) is 17.2. The van der Waals surface area contributed by atoms with E-state index < -0.39 is 0 Å². The number of ether oxygens (including phenoxy) is 2. The molecule has 2 aromatic heterocycles.